The van der Waals surface area contributed by atoms with E-state index < -0.39 is 60.0 Å². The monoisotopic (exact) mass is 498 g/mol. The van der Waals surface area contributed by atoms with E-state index in [1.807, 2.05) is 0 Å². The molecule has 1 saturated heterocycles. The van der Waals surface area contributed by atoms with Gasteiger partial charge in [0.25, 0.3) is 5.91 Å². The molecule has 1 heterocycles. The molecule has 192 valence electrons. The van der Waals surface area contributed by atoms with Crippen LogP contribution in [0, 0.1) is 5.41 Å². The molecule has 1 aromatic rings. The fraction of sp³-hybridized carbons (Fsp3) is 0.619. The third-order valence-electron chi connectivity index (χ3n) is 4.87. The van der Waals surface area contributed by atoms with Gasteiger partial charge in [0.05, 0.1) is 24.4 Å². The van der Waals surface area contributed by atoms with E-state index in [9.17, 15) is 35.9 Å². The molecule has 0 spiro atoms. The Morgan fingerprint density at radius 1 is 1.18 bits per heavy atom. The predicted molar refractivity (Wildman–Crippen MR) is 113 cm³/mol. The molecule has 0 aliphatic carbocycles. The molecule has 1 atom stereocenters. The highest BCUT2D eigenvalue weighted by Gasteiger charge is 2.39. The van der Waals surface area contributed by atoms with Crippen molar-refractivity contribution in [2.24, 2.45) is 11.1 Å². The minimum Gasteiger partial charge on any atom is -0.370 e. The zero-order valence-corrected chi connectivity index (χ0v) is 19.0. The van der Waals surface area contributed by atoms with E-state index in [1.165, 1.54) is 0 Å². The third-order valence-corrected chi connectivity index (χ3v) is 4.87. The van der Waals surface area contributed by atoms with Crippen molar-refractivity contribution in [3.63, 3.8) is 0 Å². The number of anilines is 2. The van der Waals surface area contributed by atoms with Gasteiger partial charge in [-0.05, 0) is 23.6 Å². The molecule has 0 bridgehead atoms. The number of hydrogen-bond donors (Lipinski definition) is 2. The summed E-state index contributed by atoms with van der Waals surface area (Å²) in [5.74, 6) is -1.62. The number of rotatable bonds is 7. The highest BCUT2D eigenvalue weighted by molar-refractivity contribution is 5.98. The Kier molecular flexibility index (Phi) is 8.59. The molecular formula is C21H28F6N4O3. The largest absolute Gasteiger partial charge is 0.418 e. The van der Waals surface area contributed by atoms with Crippen LogP contribution >= 0.6 is 0 Å². The van der Waals surface area contributed by atoms with Gasteiger partial charge in [0.15, 0.2) is 0 Å². The SMILES string of the molecule is CC(C)(C)CN(CC(F)(F)F)[C@H](CN)C(=O)Nc1ccc(N2CCOCC2=O)c(C(F)(F)F)c1. The molecular weight excluding hydrogens is 470 g/mol. The van der Waals surface area contributed by atoms with Crippen molar-refractivity contribution in [1.82, 2.24) is 4.90 Å². The van der Waals surface area contributed by atoms with Gasteiger partial charge in [0, 0.05) is 25.3 Å². The zero-order chi connectivity index (χ0) is 25.9. The molecule has 0 aromatic heterocycles. The predicted octanol–water partition coefficient (Wildman–Crippen LogP) is 3.24. The summed E-state index contributed by atoms with van der Waals surface area (Å²) in [6.07, 6.45) is -9.48. The topological polar surface area (TPSA) is 87.9 Å². The van der Waals surface area contributed by atoms with Gasteiger partial charge in [-0.2, -0.15) is 26.3 Å². The molecule has 13 heteroatoms. The van der Waals surface area contributed by atoms with Crippen LogP contribution in [0.1, 0.15) is 26.3 Å². The van der Waals surface area contributed by atoms with Crippen molar-refractivity contribution < 1.29 is 40.7 Å². The first-order valence-corrected chi connectivity index (χ1v) is 10.4. The summed E-state index contributed by atoms with van der Waals surface area (Å²) in [6.45, 7) is 2.64. The molecule has 1 fully saturated rings. The Labute approximate surface area is 193 Å². The Hall–Kier alpha value is -2.38. The van der Waals surface area contributed by atoms with E-state index in [0.717, 1.165) is 21.9 Å². The summed E-state index contributed by atoms with van der Waals surface area (Å²) in [7, 11) is 0. The van der Waals surface area contributed by atoms with Crippen LogP contribution in [0.2, 0.25) is 0 Å². The fourth-order valence-corrected chi connectivity index (χ4v) is 3.61. The van der Waals surface area contributed by atoms with E-state index in [1.54, 1.807) is 20.8 Å². The number of morpholine rings is 1. The lowest BCUT2D eigenvalue weighted by Crippen LogP contribution is -2.54. The summed E-state index contributed by atoms with van der Waals surface area (Å²) < 4.78 is 85.5. The van der Waals surface area contributed by atoms with Crippen LogP contribution in [-0.4, -0.2) is 68.3 Å². The summed E-state index contributed by atoms with van der Waals surface area (Å²) in [6, 6.07) is 1.38. The molecule has 1 aliphatic heterocycles. The van der Waals surface area contributed by atoms with Gasteiger partial charge in [0.1, 0.15) is 12.6 Å². The van der Waals surface area contributed by atoms with E-state index in [4.69, 9.17) is 10.5 Å². The van der Waals surface area contributed by atoms with Crippen molar-refractivity contribution >= 4 is 23.2 Å². The quantitative estimate of drug-likeness (QED) is 0.564. The highest BCUT2D eigenvalue weighted by Crippen LogP contribution is 2.39. The normalized spacial score (nSPS) is 16.7. The Balaban J connectivity index is 2.34. The minimum absolute atomic E-state index is 0.0581. The van der Waals surface area contributed by atoms with Crippen molar-refractivity contribution in [3.8, 4) is 0 Å². The molecule has 1 aliphatic rings. The first kappa shape index (κ1) is 27.9. The summed E-state index contributed by atoms with van der Waals surface area (Å²) in [5, 5.41) is 2.24. The van der Waals surface area contributed by atoms with Crippen LogP contribution in [0.3, 0.4) is 0 Å². The third kappa shape index (κ3) is 7.84. The number of carbonyl (C=O) groups is 2. The van der Waals surface area contributed by atoms with Gasteiger partial charge in [-0.3, -0.25) is 14.5 Å². The van der Waals surface area contributed by atoms with Crippen LogP contribution < -0.4 is 16.0 Å². The molecule has 1 aromatic carbocycles. The van der Waals surface area contributed by atoms with Gasteiger partial charge in [-0.1, -0.05) is 20.8 Å². The van der Waals surface area contributed by atoms with Gasteiger partial charge >= 0.3 is 12.4 Å². The number of carbonyl (C=O) groups excluding carboxylic acids is 2. The summed E-state index contributed by atoms with van der Waals surface area (Å²) in [4.78, 5) is 26.6. The maximum atomic E-state index is 13.7. The lowest BCUT2D eigenvalue weighted by Gasteiger charge is -2.35. The molecule has 2 amide bonds. The molecule has 0 radical (unpaired) electrons. The van der Waals surface area contributed by atoms with Crippen LogP contribution in [0.15, 0.2) is 18.2 Å². The smallest absolute Gasteiger partial charge is 0.370 e. The van der Waals surface area contributed by atoms with Gasteiger partial charge < -0.3 is 20.7 Å². The highest BCUT2D eigenvalue weighted by atomic mass is 19.4. The number of amides is 2. The first-order valence-electron chi connectivity index (χ1n) is 10.4. The second-order valence-electron chi connectivity index (χ2n) is 9.15. The zero-order valence-electron chi connectivity index (χ0n) is 19.0. The van der Waals surface area contributed by atoms with Crippen molar-refractivity contribution in [2.75, 3.05) is 49.6 Å². The fourth-order valence-electron chi connectivity index (χ4n) is 3.61. The number of benzene rings is 1. The van der Waals surface area contributed by atoms with E-state index >= 15 is 0 Å². The minimum atomic E-state index is -4.86. The maximum absolute atomic E-state index is 13.7. The second-order valence-corrected chi connectivity index (χ2v) is 9.15. The standard InChI is InChI=1S/C21H28F6N4O3/c1-19(2,3)11-30(12-20(22,23)24)16(9-28)18(33)29-13-4-5-15(14(8-13)21(25,26)27)31-6-7-34-10-17(31)32/h4-5,8,16H,6-7,9-12,28H2,1-3H3,(H,29,33)/t16-/m1/s1. The number of hydrogen-bond acceptors (Lipinski definition) is 5. The van der Waals surface area contributed by atoms with Gasteiger partial charge in [-0.15, -0.1) is 0 Å². The molecule has 7 nitrogen and oxygen atoms in total. The number of nitrogens with one attached hydrogen (secondary N) is 1. The van der Waals surface area contributed by atoms with Crippen molar-refractivity contribution in [2.45, 2.75) is 39.2 Å². The summed E-state index contributed by atoms with van der Waals surface area (Å²) >= 11 is 0. The second kappa shape index (κ2) is 10.5. The first-order chi connectivity index (χ1) is 15.5. The van der Waals surface area contributed by atoms with Crippen molar-refractivity contribution in [3.05, 3.63) is 23.8 Å². The molecule has 0 unspecified atom stereocenters. The van der Waals surface area contributed by atoms with Gasteiger partial charge in [0.2, 0.25) is 5.91 Å². The Morgan fingerprint density at radius 3 is 2.32 bits per heavy atom. The van der Waals surface area contributed by atoms with Crippen LogP contribution in [-0.2, 0) is 20.5 Å². The number of ether oxygens (including phenoxy) is 1. The van der Waals surface area contributed by atoms with Crippen LogP contribution in [0.5, 0.6) is 0 Å². The maximum Gasteiger partial charge on any atom is 0.418 e. The van der Waals surface area contributed by atoms with Crippen molar-refractivity contribution in [1.29, 1.82) is 0 Å². The average molecular weight is 498 g/mol. The van der Waals surface area contributed by atoms with Gasteiger partial charge in [-0.25, -0.2) is 0 Å². The van der Waals surface area contributed by atoms with E-state index in [-0.39, 0.29) is 32.0 Å². The Morgan fingerprint density at radius 2 is 1.82 bits per heavy atom. The number of halogens is 6. The number of alkyl halides is 6. The number of nitrogens with zero attached hydrogens (tertiary/aromatic N) is 2. The van der Waals surface area contributed by atoms with E-state index in [0.29, 0.717) is 6.07 Å². The molecule has 2 rings (SSSR count). The van der Waals surface area contributed by atoms with Crippen LogP contribution in [0.4, 0.5) is 37.7 Å². The van der Waals surface area contributed by atoms with Crippen LogP contribution in [0.25, 0.3) is 0 Å². The lowest BCUT2D eigenvalue weighted by molar-refractivity contribution is -0.156. The number of nitrogens with two attached hydrogens (primary N) is 1. The lowest BCUT2D eigenvalue weighted by atomic mass is 9.95. The summed E-state index contributed by atoms with van der Waals surface area (Å²) in [5.41, 5.74) is 3.11. The molecule has 34 heavy (non-hydrogen) atoms. The average Bonchev–Trinajstić information content (AvgIpc) is 2.66. The van der Waals surface area contributed by atoms with E-state index in [2.05, 4.69) is 5.32 Å². The molecule has 3 N–H and O–H groups in total. The molecule has 0 saturated carbocycles. The Bertz CT molecular complexity index is 867.